The smallest absolute Gasteiger partial charge is 0.320 e. The number of amides is 2. The molecule has 2 heterocycles. The van der Waals surface area contributed by atoms with E-state index in [1.54, 1.807) is 12.0 Å². The molecule has 21 heavy (non-hydrogen) atoms. The normalized spacial score (nSPS) is 26.1. The number of likely N-dealkylation sites (tertiary alicyclic amines) is 2. The van der Waals surface area contributed by atoms with Crippen molar-refractivity contribution in [1.29, 1.82) is 0 Å². The number of piperidine rings is 1. The molecule has 0 aromatic carbocycles. The van der Waals surface area contributed by atoms with Gasteiger partial charge >= 0.3 is 12.0 Å². The fraction of sp³-hybridized carbons (Fsp3) is 0.867. The number of carbonyl (C=O) groups excluding carboxylic acids is 1. The Kier molecular flexibility index (Phi) is 5.45. The van der Waals surface area contributed by atoms with E-state index in [1.807, 2.05) is 4.90 Å². The molecular formula is C15H26N2O4. The second-order valence-electron chi connectivity index (χ2n) is 6.18. The Morgan fingerprint density at radius 1 is 1.14 bits per heavy atom. The largest absolute Gasteiger partial charge is 0.481 e. The zero-order valence-corrected chi connectivity index (χ0v) is 12.8. The SMILES string of the molecule is COCCC[C@@]1(C(=O)O)CCCN(C(=O)N2CCCC2)C1. The molecule has 6 heteroatoms. The number of hydrogen-bond donors (Lipinski definition) is 1. The maximum absolute atomic E-state index is 12.5. The Morgan fingerprint density at radius 3 is 2.43 bits per heavy atom. The topological polar surface area (TPSA) is 70.1 Å². The number of hydrogen-bond acceptors (Lipinski definition) is 3. The number of nitrogens with zero attached hydrogens (tertiary/aromatic N) is 2. The van der Waals surface area contributed by atoms with E-state index in [0.717, 1.165) is 32.4 Å². The van der Waals surface area contributed by atoms with Gasteiger partial charge in [-0.05, 0) is 38.5 Å². The molecule has 0 unspecified atom stereocenters. The maximum Gasteiger partial charge on any atom is 0.320 e. The first-order valence-electron chi connectivity index (χ1n) is 7.85. The summed E-state index contributed by atoms with van der Waals surface area (Å²) in [7, 11) is 1.62. The molecule has 0 aliphatic carbocycles. The van der Waals surface area contributed by atoms with Gasteiger partial charge in [-0.3, -0.25) is 4.79 Å². The molecule has 2 saturated heterocycles. The Bertz CT molecular complexity index is 382. The van der Waals surface area contributed by atoms with Gasteiger partial charge in [0, 0.05) is 39.9 Å². The van der Waals surface area contributed by atoms with Crippen LogP contribution in [0.1, 0.15) is 38.5 Å². The third-order valence-electron chi connectivity index (χ3n) is 4.68. The van der Waals surface area contributed by atoms with Crippen LogP contribution in [-0.4, -0.2) is 66.8 Å². The molecule has 0 spiro atoms. The van der Waals surface area contributed by atoms with Crippen molar-refractivity contribution in [3.63, 3.8) is 0 Å². The lowest BCUT2D eigenvalue weighted by atomic mass is 9.76. The highest BCUT2D eigenvalue weighted by Gasteiger charge is 2.43. The summed E-state index contributed by atoms with van der Waals surface area (Å²) in [6.45, 7) is 3.18. The van der Waals surface area contributed by atoms with E-state index in [2.05, 4.69) is 0 Å². The lowest BCUT2D eigenvalue weighted by Crippen LogP contribution is -2.53. The molecule has 0 bridgehead atoms. The van der Waals surface area contributed by atoms with Crippen LogP contribution in [0.3, 0.4) is 0 Å². The van der Waals surface area contributed by atoms with Gasteiger partial charge in [-0.15, -0.1) is 0 Å². The van der Waals surface area contributed by atoms with Crippen LogP contribution in [0.25, 0.3) is 0 Å². The highest BCUT2D eigenvalue weighted by atomic mass is 16.5. The van der Waals surface area contributed by atoms with Gasteiger partial charge in [0.1, 0.15) is 0 Å². The molecule has 2 rings (SSSR count). The molecule has 2 amide bonds. The molecule has 0 saturated carbocycles. The lowest BCUT2D eigenvalue weighted by Gasteiger charge is -2.41. The van der Waals surface area contributed by atoms with Crippen molar-refractivity contribution in [3.05, 3.63) is 0 Å². The highest BCUT2D eigenvalue weighted by Crippen LogP contribution is 2.35. The van der Waals surface area contributed by atoms with Crippen LogP contribution in [0, 0.1) is 5.41 Å². The van der Waals surface area contributed by atoms with E-state index in [0.29, 0.717) is 39.0 Å². The summed E-state index contributed by atoms with van der Waals surface area (Å²) in [5.41, 5.74) is -0.799. The van der Waals surface area contributed by atoms with E-state index in [-0.39, 0.29) is 6.03 Å². The van der Waals surface area contributed by atoms with Gasteiger partial charge in [-0.1, -0.05) is 0 Å². The Balaban J connectivity index is 2.01. The predicted molar refractivity (Wildman–Crippen MR) is 78.2 cm³/mol. The summed E-state index contributed by atoms with van der Waals surface area (Å²) < 4.78 is 5.03. The zero-order chi connectivity index (χ0) is 15.3. The molecule has 6 nitrogen and oxygen atoms in total. The number of carboxylic acids is 1. The number of ether oxygens (including phenoxy) is 1. The predicted octanol–water partition coefficient (Wildman–Crippen LogP) is 1.80. The Morgan fingerprint density at radius 2 is 1.81 bits per heavy atom. The average molecular weight is 298 g/mol. The van der Waals surface area contributed by atoms with Crippen molar-refractivity contribution >= 4 is 12.0 Å². The first-order valence-corrected chi connectivity index (χ1v) is 7.85. The van der Waals surface area contributed by atoms with Gasteiger partial charge in [0.2, 0.25) is 0 Å². The van der Waals surface area contributed by atoms with Gasteiger partial charge in [0.15, 0.2) is 0 Å². The number of rotatable bonds is 5. The van der Waals surface area contributed by atoms with E-state index >= 15 is 0 Å². The monoisotopic (exact) mass is 298 g/mol. The van der Waals surface area contributed by atoms with Crippen LogP contribution in [-0.2, 0) is 9.53 Å². The van der Waals surface area contributed by atoms with Gasteiger partial charge in [-0.2, -0.15) is 0 Å². The number of aliphatic carboxylic acids is 1. The molecule has 120 valence electrons. The third kappa shape index (κ3) is 3.67. The number of methoxy groups -OCH3 is 1. The third-order valence-corrected chi connectivity index (χ3v) is 4.68. The van der Waals surface area contributed by atoms with Crippen LogP contribution in [0.4, 0.5) is 4.79 Å². The molecule has 1 N–H and O–H groups in total. The minimum atomic E-state index is -0.799. The summed E-state index contributed by atoms with van der Waals surface area (Å²) >= 11 is 0. The average Bonchev–Trinajstić information content (AvgIpc) is 3.01. The summed E-state index contributed by atoms with van der Waals surface area (Å²) in [5, 5.41) is 9.66. The van der Waals surface area contributed by atoms with Crippen LogP contribution in [0.2, 0.25) is 0 Å². The fourth-order valence-electron chi connectivity index (χ4n) is 3.44. The van der Waals surface area contributed by atoms with Crippen LogP contribution < -0.4 is 0 Å². The molecule has 0 aromatic rings. The van der Waals surface area contributed by atoms with Crippen molar-refractivity contribution in [2.24, 2.45) is 5.41 Å². The minimum absolute atomic E-state index is 0.0181. The zero-order valence-electron chi connectivity index (χ0n) is 12.8. The molecule has 2 aliphatic heterocycles. The van der Waals surface area contributed by atoms with Crippen molar-refractivity contribution in [1.82, 2.24) is 9.80 Å². The van der Waals surface area contributed by atoms with E-state index in [4.69, 9.17) is 4.74 Å². The quantitative estimate of drug-likeness (QED) is 0.786. The fourth-order valence-corrected chi connectivity index (χ4v) is 3.44. The van der Waals surface area contributed by atoms with Crippen LogP contribution in [0.15, 0.2) is 0 Å². The first kappa shape index (κ1) is 16.1. The van der Waals surface area contributed by atoms with E-state index in [1.165, 1.54) is 0 Å². The summed E-state index contributed by atoms with van der Waals surface area (Å²) in [6, 6.07) is 0.0181. The van der Waals surface area contributed by atoms with E-state index < -0.39 is 11.4 Å². The number of urea groups is 1. The molecule has 0 radical (unpaired) electrons. The molecular weight excluding hydrogens is 272 g/mol. The van der Waals surface area contributed by atoms with Crippen molar-refractivity contribution < 1.29 is 19.4 Å². The second kappa shape index (κ2) is 7.11. The minimum Gasteiger partial charge on any atom is -0.481 e. The molecule has 2 fully saturated rings. The van der Waals surface area contributed by atoms with Crippen LogP contribution >= 0.6 is 0 Å². The summed E-state index contributed by atoms with van der Waals surface area (Å²) in [4.78, 5) is 27.8. The van der Waals surface area contributed by atoms with Gasteiger partial charge < -0.3 is 19.6 Å². The molecule has 0 aromatic heterocycles. The van der Waals surface area contributed by atoms with Crippen molar-refractivity contribution in [2.75, 3.05) is 39.9 Å². The summed E-state index contributed by atoms with van der Waals surface area (Å²) in [5.74, 6) is -0.780. The van der Waals surface area contributed by atoms with E-state index in [9.17, 15) is 14.7 Å². The highest BCUT2D eigenvalue weighted by molar-refractivity contribution is 5.79. The van der Waals surface area contributed by atoms with Crippen LogP contribution in [0.5, 0.6) is 0 Å². The maximum atomic E-state index is 12.5. The molecule has 1 atom stereocenters. The number of carbonyl (C=O) groups is 2. The van der Waals surface area contributed by atoms with Gasteiger partial charge in [0.25, 0.3) is 0 Å². The standard InChI is InChI=1S/C15H26N2O4/c1-21-11-5-7-15(13(18)19)6-4-10-17(12-15)14(20)16-8-2-3-9-16/h2-12H2,1H3,(H,18,19)/t15-/m0/s1. The van der Waals surface area contributed by atoms with Gasteiger partial charge in [-0.25, -0.2) is 4.79 Å². The van der Waals surface area contributed by atoms with Crippen molar-refractivity contribution in [2.45, 2.75) is 38.5 Å². The summed E-state index contributed by atoms with van der Waals surface area (Å²) in [6.07, 6.45) is 4.80. The lowest BCUT2D eigenvalue weighted by molar-refractivity contribution is -0.152. The number of carboxylic acid groups (broad SMARTS) is 1. The Hall–Kier alpha value is -1.30. The van der Waals surface area contributed by atoms with Crippen molar-refractivity contribution in [3.8, 4) is 0 Å². The Labute approximate surface area is 126 Å². The van der Waals surface area contributed by atoms with Gasteiger partial charge in [0.05, 0.1) is 5.41 Å². The first-order chi connectivity index (χ1) is 10.1. The second-order valence-corrected chi connectivity index (χ2v) is 6.18. The molecule has 2 aliphatic rings.